The average molecular weight is 422 g/mol. The number of likely N-dealkylation sites (N-methyl/N-ethyl adjacent to an activating group) is 1. The van der Waals surface area contributed by atoms with Gasteiger partial charge in [0.25, 0.3) is 0 Å². The van der Waals surface area contributed by atoms with Gasteiger partial charge in [0.2, 0.25) is 0 Å². The Bertz CT molecular complexity index is 1010. The van der Waals surface area contributed by atoms with Crippen molar-refractivity contribution in [2.45, 2.75) is 39.6 Å². The maximum Gasteiger partial charge on any atom is 0.0845 e. The number of aromatic nitrogens is 1. The van der Waals surface area contributed by atoms with E-state index in [9.17, 15) is 5.11 Å². The zero-order valence-electron chi connectivity index (χ0n) is 19.1. The topological polar surface area (TPSA) is 40.9 Å². The van der Waals surface area contributed by atoms with Crippen LogP contribution in [0.2, 0.25) is 0 Å². The molecule has 1 saturated heterocycles. The number of nitrogens with zero attached hydrogens (tertiary/aromatic N) is 3. The van der Waals surface area contributed by atoms with Crippen LogP contribution in [0.15, 0.2) is 48.5 Å². The van der Waals surface area contributed by atoms with Gasteiger partial charge in [-0.3, -0.25) is 9.80 Å². The molecule has 0 spiro atoms. The lowest BCUT2D eigenvalue weighted by Crippen LogP contribution is -2.35. The Morgan fingerprint density at radius 1 is 1.03 bits per heavy atom. The summed E-state index contributed by atoms with van der Waals surface area (Å²) in [5, 5.41) is 12.1. The van der Waals surface area contributed by atoms with Gasteiger partial charge < -0.3 is 14.4 Å². The van der Waals surface area contributed by atoms with Gasteiger partial charge in [0.15, 0.2) is 0 Å². The molecule has 1 aromatic heterocycles. The summed E-state index contributed by atoms with van der Waals surface area (Å²) in [7, 11) is 2.09. The van der Waals surface area contributed by atoms with Crippen LogP contribution in [-0.2, 0) is 24.4 Å². The quantitative estimate of drug-likeness (QED) is 0.604. The van der Waals surface area contributed by atoms with Crippen LogP contribution in [0, 0.1) is 13.8 Å². The van der Waals surface area contributed by atoms with Gasteiger partial charge in [-0.05, 0) is 43.7 Å². The molecule has 31 heavy (non-hydrogen) atoms. The number of para-hydroxylation sites is 1. The number of aliphatic hydroxyl groups excluding tert-OH is 1. The number of ether oxygens (including phenoxy) is 1. The Balaban J connectivity index is 1.35. The van der Waals surface area contributed by atoms with Crippen LogP contribution in [0.3, 0.4) is 0 Å². The summed E-state index contributed by atoms with van der Waals surface area (Å²) in [6.07, 6.45) is -0.421. The van der Waals surface area contributed by atoms with E-state index in [2.05, 4.69) is 83.8 Å². The first kappa shape index (κ1) is 22.0. The van der Waals surface area contributed by atoms with Crippen molar-refractivity contribution in [3.8, 4) is 0 Å². The molecule has 2 heterocycles. The van der Waals surface area contributed by atoms with Gasteiger partial charge in [-0.1, -0.05) is 42.5 Å². The largest absolute Gasteiger partial charge is 0.390 e. The smallest absolute Gasteiger partial charge is 0.0845 e. The van der Waals surface area contributed by atoms with Crippen LogP contribution in [0.4, 0.5) is 0 Å². The van der Waals surface area contributed by atoms with Gasteiger partial charge in [0.1, 0.15) is 0 Å². The number of rotatable bonds is 8. The predicted octanol–water partition coefficient (Wildman–Crippen LogP) is 3.58. The molecule has 0 saturated carbocycles. The molecule has 0 amide bonds. The standard InChI is InChI=1S/C26H35N3O2/c1-20-21(2)29(26-10-5-4-9-25(20)26)19-24(30)18-27(3)16-22-7-6-8-23(15-22)17-28-11-13-31-14-12-28/h4-10,15,24,30H,11-14,16-19H2,1-3H3. The molecule has 1 N–H and O–H groups in total. The highest BCUT2D eigenvalue weighted by molar-refractivity contribution is 5.85. The molecule has 1 atom stereocenters. The summed E-state index contributed by atoms with van der Waals surface area (Å²) in [6, 6.07) is 17.3. The molecule has 166 valence electrons. The van der Waals surface area contributed by atoms with Crippen molar-refractivity contribution in [3.63, 3.8) is 0 Å². The number of hydrogen-bond acceptors (Lipinski definition) is 4. The van der Waals surface area contributed by atoms with Crippen LogP contribution in [0.5, 0.6) is 0 Å². The summed E-state index contributed by atoms with van der Waals surface area (Å²) in [5.41, 5.74) is 6.37. The van der Waals surface area contributed by atoms with Crippen molar-refractivity contribution in [1.82, 2.24) is 14.4 Å². The molecule has 0 bridgehead atoms. The highest BCUT2D eigenvalue weighted by Crippen LogP contribution is 2.25. The molecular weight excluding hydrogens is 386 g/mol. The predicted molar refractivity (Wildman–Crippen MR) is 126 cm³/mol. The molecule has 0 radical (unpaired) electrons. The molecule has 3 aromatic rings. The molecule has 0 aliphatic carbocycles. The van der Waals surface area contributed by atoms with E-state index in [1.165, 1.54) is 33.3 Å². The van der Waals surface area contributed by atoms with Crippen molar-refractivity contribution >= 4 is 10.9 Å². The Hall–Kier alpha value is -2.18. The van der Waals surface area contributed by atoms with Gasteiger partial charge in [-0.2, -0.15) is 0 Å². The molecule has 4 rings (SSSR count). The van der Waals surface area contributed by atoms with Crippen LogP contribution >= 0.6 is 0 Å². The fourth-order valence-electron chi connectivity index (χ4n) is 4.69. The first-order valence-electron chi connectivity index (χ1n) is 11.3. The maximum absolute atomic E-state index is 10.8. The second kappa shape index (κ2) is 9.96. The minimum absolute atomic E-state index is 0.421. The Labute approximate surface area is 185 Å². The van der Waals surface area contributed by atoms with Crippen molar-refractivity contribution in [2.24, 2.45) is 0 Å². The van der Waals surface area contributed by atoms with E-state index in [1.54, 1.807) is 0 Å². The van der Waals surface area contributed by atoms with Gasteiger partial charge in [0, 0.05) is 49.3 Å². The highest BCUT2D eigenvalue weighted by atomic mass is 16.5. The first-order valence-corrected chi connectivity index (χ1v) is 11.3. The molecule has 2 aromatic carbocycles. The molecule has 5 heteroatoms. The van der Waals surface area contributed by atoms with Gasteiger partial charge in [0.05, 0.1) is 25.9 Å². The second-order valence-corrected chi connectivity index (χ2v) is 8.90. The van der Waals surface area contributed by atoms with Crippen LogP contribution in [0.1, 0.15) is 22.4 Å². The SMILES string of the molecule is Cc1c(C)n(CC(O)CN(C)Cc2cccc(CN3CCOCC3)c2)c2ccccc12. The number of aryl methyl sites for hydroxylation is 1. The first-order chi connectivity index (χ1) is 15.0. The fourth-order valence-corrected chi connectivity index (χ4v) is 4.69. The van der Waals surface area contributed by atoms with E-state index in [4.69, 9.17) is 4.74 Å². The summed E-state index contributed by atoms with van der Waals surface area (Å²) in [6.45, 7) is 11.0. The summed E-state index contributed by atoms with van der Waals surface area (Å²) < 4.78 is 7.71. The van der Waals surface area contributed by atoms with Crippen molar-refractivity contribution in [3.05, 3.63) is 70.9 Å². The molecule has 1 aliphatic rings. The van der Waals surface area contributed by atoms with Crippen molar-refractivity contribution < 1.29 is 9.84 Å². The van der Waals surface area contributed by atoms with E-state index < -0.39 is 6.10 Å². The Morgan fingerprint density at radius 3 is 2.58 bits per heavy atom. The lowest BCUT2D eigenvalue weighted by atomic mass is 10.1. The lowest BCUT2D eigenvalue weighted by Gasteiger charge is -2.27. The average Bonchev–Trinajstić information content (AvgIpc) is 3.00. The van der Waals surface area contributed by atoms with E-state index in [1.807, 2.05) is 0 Å². The van der Waals surface area contributed by atoms with E-state index in [-0.39, 0.29) is 0 Å². The third-order valence-electron chi connectivity index (χ3n) is 6.42. The van der Waals surface area contributed by atoms with E-state index in [0.29, 0.717) is 13.1 Å². The third kappa shape index (κ3) is 5.36. The molecule has 1 aliphatic heterocycles. The summed E-state index contributed by atoms with van der Waals surface area (Å²) >= 11 is 0. The Kier molecular flexibility index (Phi) is 7.08. The number of benzene rings is 2. The van der Waals surface area contributed by atoms with Crippen LogP contribution in [-0.4, -0.2) is 65.5 Å². The normalized spacial score (nSPS) is 16.3. The Morgan fingerprint density at radius 2 is 1.77 bits per heavy atom. The molecule has 5 nitrogen and oxygen atoms in total. The second-order valence-electron chi connectivity index (χ2n) is 8.90. The highest BCUT2D eigenvalue weighted by Gasteiger charge is 2.16. The number of morpholine rings is 1. The van der Waals surface area contributed by atoms with Gasteiger partial charge >= 0.3 is 0 Å². The molecule has 1 fully saturated rings. The van der Waals surface area contributed by atoms with Gasteiger partial charge in [-0.15, -0.1) is 0 Å². The summed E-state index contributed by atoms with van der Waals surface area (Å²) in [4.78, 5) is 4.66. The monoisotopic (exact) mass is 421 g/mol. The van der Waals surface area contributed by atoms with Gasteiger partial charge in [-0.25, -0.2) is 0 Å². The zero-order valence-corrected chi connectivity index (χ0v) is 19.1. The van der Waals surface area contributed by atoms with Crippen LogP contribution in [0.25, 0.3) is 10.9 Å². The number of fused-ring (bicyclic) bond motifs is 1. The van der Waals surface area contributed by atoms with E-state index >= 15 is 0 Å². The third-order valence-corrected chi connectivity index (χ3v) is 6.42. The summed E-state index contributed by atoms with van der Waals surface area (Å²) in [5.74, 6) is 0. The number of hydrogen-bond donors (Lipinski definition) is 1. The molecular formula is C26H35N3O2. The van der Waals surface area contributed by atoms with Crippen LogP contribution < -0.4 is 0 Å². The van der Waals surface area contributed by atoms with Crippen molar-refractivity contribution in [2.75, 3.05) is 39.9 Å². The lowest BCUT2D eigenvalue weighted by molar-refractivity contribution is 0.0342. The molecule has 1 unspecified atom stereocenters. The minimum atomic E-state index is -0.421. The zero-order chi connectivity index (χ0) is 21.8. The fraction of sp³-hybridized carbons (Fsp3) is 0.462. The minimum Gasteiger partial charge on any atom is -0.390 e. The number of aliphatic hydroxyl groups is 1. The van der Waals surface area contributed by atoms with Crippen molar-refractivity contribution in [1.29, 1.82) is 0 Å². The van der Waals surface area contributed by atoms with E-state index in [0.717, 1.165) is 39.4 Å². The maximum atomic E-state index is 10.8.